The first-order valence-electron chi connectivity index (χ1n) is 12.9. The second-order valence-electron chi connectivity index (χ2n) is 9.51. The monoisotopic (exact) mass is 537 g/mol. The Kier molecular flexibility index (Phi) is 9.81. The van der Waals surface area contributed by atoms with E-state index in [9.17, 15) is 19.2 Å². The van der Waals surface area contributed by atoms with Gasteiger partial charge in [-0.3, -0.25) is 14.4 Å². The molecule has 208 valence electrons. The van der Waals surface area contributed by atoms with Gasteiger partial charge in [-0.1, -0.05) is 26.5 Å². The van der Waals surface area contributed by atoms with Gasteiger partial charge in [0.1, 0.15) is 11.4 Å². The van der Waals surface area contributed by atoms with Gasteiger partial charge in [0, 0.05) is 42.3 Å². The lowest BCUT2D eigenvalue weighted by atomic mass is 9.94. The summed E-state index contributed by atoms with van der Waals surface area (Å²) in [4.78, 5) is 55.6. The van der Waals surface area contributed by atoms with Crippen molar-refractivity contribution in [2.75, 3.05) is 20.2 Å². The Morgan fingerprint density at radius 3 is 2.36 bits per heavy atom. The van der Waals surface area contributed by atoms with Gasteiger partial charge in [-0.15, -0.1) is 0 Å². The largest absolute Gasteiger partial charge is 0.496 e. The number of carbonyl (C=O) groups excluding carboxylic acids is 4. The minimum absolute atomic E-state index is 0.00687. The third-order valence-electron chi connectivity index (χ3n) is 6.06. The first kappa shape index (κ1) is 29.3. The lowest BCUT2D eigenvalue weighted by Gasteiger charge is -2.18. The molecule has 0 spiro atoms. The highest BCUT2D eigenvalue weighted by atomic mass is 16.7. The van der Waals surface area contributed by atoms with Crippen molar-refractivity contribution in [3.63, 3.8) is 0 Å². The summed E-state index contributed by atoms with van der Waals surface area (Å²) in [6, 6.07) is 6.21. The summed E-state index contributed by atoms with van der Waals surface area (Å²) in [5.41, 5.74) is 1.17. The topological polar surface area (TPSA) is 133 Å². The highest BCUT2D eigenvalue weighted by Gasteiger charge is 2.27. The summed E-state index contributed by atoms with van der Waals surface area (Å²) in [7, 11) is 1.48. The number of ether oxygens (including phenoxy) is 3. The molecule has 2 N–H and O–H groups in total. The fourth-order valence-electron chi connectivity index (χ4n) is 3.74. The minimum Gasteiger partial charge on any atom is -0.496 e. The quantitative estimate of drug-likeness (QED) is 0.307. The zero-order valence-corrected chi connectivity index (χ0v) is 23.0. The van der Waals surface area contributed by atoms with Gasteiger partial charge in [0.05, 0.1) is 13.0 Å². The van der Waals surface area contributed by atoms with Crippen molar-refractivity contribution < 1.29 is 33.4 Å². The third kappa shape index (κ3) is 7.43. The van der Waals surface area contributed by atoms with E-state index in [0.717, 1.165) is 12.8 Å². The number of hydrogen-bond acceptors (Lipinski definition) is 8. The van der Waals surface area contributed by atoms with Gasteiger partial charge in [-0.25, -0.2) is 9.78 Å². The predicted octanol–water partition coefficient (Wildman–Crippen LogP) is 3.99. The molecule has 2 aromatic rings. The van der Waals surface area contributed by atoms with E-state index >= 15 is 0 Å². The van der Waals surface area contributed by atoms with Gasteiger partial charge < -0.3 is 24.8 Å². The highest BCUT2D eigenvalue weighted by Crippen LogP contribution is 2.34. The second kappa shape index (κ2) is 13.0. The van der Waals surface area contributed by atoms with Crippen molar-refractivity contribution in [2.24, 2.45) is 11.8 Å². The van der Waals surface area contributed by atoms with E-state index in [1.54, 1.807) is 39.0 Å². The minimum atomic E-state index is -1.21. The molecule has 1 atom stereocenters. The molecule has 0 radical (unpaired) electrons. The summed E-state index contributed by atoms with van der Waals surface area (Å²) in [6.07, 6.45) is 2.46. The maximum absolute atomic E-state index is 13.4. The number of nitrogens with one attached hydrogen (secondary N) is 2. The average Bonchev–Trinajstić information content (AvgIpc) is 3.75. The molecule has 1 aromatic carbocycles. The average molecular weight is 538 g/mol. The van der Waals surface area contributed by atoms with E-state index in [4.69, 9.17) is 14.2 Å². The number of esters is 2. The van der Waals surface area contributed by atoms with E-state index in [1.807, 2.05) is 0 Å². The van der Waals surface area contributed by atoms with E-state index in [0.29, 0.717) is 35.9 Å². The number of methoxy groups -OCH3 is 1. The van der Waals surface area contributed by atoms with Gasteiger partial charge in [-0.2, -0.15) is 0 Å². The zero-order chi connectivity index (χ0) is 28.7. The highest BCUT2D eigenvalue weighted by molar-refractivity contribution is 6.06. The Morgan fingerprint density at radius 1 is 1.05 bits per heavy atom. The fraction of sp³-hybridized carbons (Fsp3) is 0.414. The molecular weight excluding hydrogens is 502 g/mol. The van der Waals surface area contributed by atoms with Gasteiger partial charge in [-0.05, 0) is 49.9 Å². The van der Waals surface area contributed by atoms with Crippen molar-refractivity contribution in [3.8, 4) is 16.9 Å². The van der Waals surface area contributed by atoms with Crippen LogP contribution in [0.2, 0.25) is 0 Å². The van der Waals surface area contributed by atoms with Crippen LogP contribution in [-0.4, -0.2) is 55.2 Å². The molecule has 1 fully saturated rings. The Morgan fingerprint density at radius 2 is 1.77 bits per heavy atom. The summed E-state index contributed by atoms with van der Waals surface area (Å²) in [5.74, 6) is -1.86. The molecule has 1 heterocycles. The van der Waals surface area contributed by atoms with Crippen LogP contribution in [0.15, 0.2) is 30.8 Å². The molecule has 10 heteroatoms. The summed E-state index contributed by atoms with van der Waals surface area (Å²) < 4.78 is 16.0. The summed E-state index contributed by atoms with van der Waals surface area (Å²) in [6.45, 7) is 11.2. The molecule has 1 aliphatic carbocycles. The molecule has 39 heavy (non-hydrogen) atoms. The molecule has 0 saturated heterocycles. The van der Waals surface area contributed by atoms with Crippen LogP contribution in [0.1, 0.15) is 77.4 Å². The third-order valence-corrected chi connectivity index (χ3v) is 6.06. The summed E-state index contributed by atoms with van der Waals surface area (Å²) >= 11 is 0. The Balaban J connectivity index is 2.11. The smallest absolute Gasteiger partial charge is 0.360 e. The van der Waals surface area contributed by atoms with E-state index in [-0.39, 0.29) is 28.4 Å². The predicted molar refractivity (Wildman–Crippen MR) is 145 cm³/mol. The van der Waals surface area contributed by atoms with Crippen LogP contribution in [0.4, 0.5) is 0 Å². The van der Waals surface area contributed by atoms with E-state index in [2.05, 4.69) is 22.2 Å². The van der Waals surface area contributed by atoms with Crippen molar-refractivity contribution in [1.29, 1.82) is 0 Å². The van der Waals surface area contributed by atoms with Crippen molar-refractivity contribution >= 4 is 29.8 Å². The van der Waals surface area contributed by atoms with Crippen LogP contribution in [-0.2, 0) is 14.3 Å². The Hall–Kier alpha value is -4.21. The molecule has 2 amide bonds. The van der Waals surface area contributed by atoms with Gasteiger partial charge >= 0.3 is 11.9 Å². The standard InChI is InChI=1S/C29H35N3O7/c1-7-19-13-22(26(33)30-8-2)21(14-24(19)37-6)20-11-12-23(27(34)31-15-18-9-10-18)32-25(20)29(36)39-17(5)38-28(35)16(3)4/h7,11-14,16-18H,1,8-10,15H2,2-6H3,(H,30,33)(H,31,34). The zero-order valence-electron chi connectivity index (χ0n) is 23.0. The fourth-order valence-corrected chi connectivity index (χ4v) is 3.74. The Labute approximate surface area is 228 Å². The number of rotatable bonds is 12. The van der Waals surface area contributed by atoms with Crippen LogP contribution in [0.5, 0.6) is 5.75 Å². The number of aromatic nitrogens is 1. The lowest BCUT2D eigenvalue weighted by Crippen LogP contribution is -2.28. The normalized spacial score (nSPS) is 13.3. The van der Waals surface area contributed by atoms with E-state index in [1.165, 1.54) is 26.2 Å². The van der Waals surface area contributed by atoms with Crippen LogP contribution < -0.4 is 15.4 Å². The van der Waals surface area contributed by atoms with Crippen LogP contribution in [0.3, 0.4) is 0 Å². The maximum Gasteiger partial charge on any atom is 0.360 e. The molecule has 10 nitrogen and oxygen atoms in total. The number of hydrogen-bond donors (Lipinski definition) is 2. The molecule has 1 unspecified atom stereocenters. The van der Waals surface area contributed by atoms with E-state index < -0.39 is 30.1 Å². The summed E-state index contributed by atoms with van der Waals surface area (Å²) in [5, 5.41) is 5.59. The second-order valence-corrected chi connectivity index (χ2v) is 9.51. The van der Waals surface area contributed by atoms with Crippen molar-refractivity contribution in [3.05, 3.63) is 53.4 Å². The van der Waals surface area contributed by atoms with Gasteiger partial charge in [0.15, 0.2) is 5.69 Å². The Bertz CT molecular complexity index is 1270. The molecule has 1 aromatic heterocycles. The van der Waals surface area contributed by atoms with Crippen LogP contribution in [0.25, 0.3) is 17.2 Å². The number of nitrogens with zero attached hydrogens (tertiary/aromatic N) is 1. The number of pyridine rings is 1. The van der Waals surface area contributed by atoms with Gasteiger partial charge in [0.25, 0.3) is 11.8 Å². The van der Waals surface area contributed by atoms with Crippen molar-refractivity contribution in [2.45, 2.75) is 46.8 Å². The van der Waals surface area contributed by atoms with Gasteiger partial charge in [0.2, 0.25) is 6.29 Å². The molecular formula is C29H35N3O7. The van der Waals surface area contributed by atoms with Crippen LogP contribution >= 0.6 is 0 Å². The molecule has 0 aliphatic heterocycles. The first-order valence-corrected chi connectivity index (χ1v) is 12.9. The number of benzene rings is 1. The molecule has 1 saturated carbocycles. The lowest BCUT2D eigenvalue weighted by molar-refractivity contribution is -0.169. The number of carbonyl (C=O) groups is 4. The molecule has 1 aliphatic rings. The SMILES string of the molecule is C=Cc1cc(C(=O)NCC)c(-c2ccc(C(=O)NCC3CC3)nc2C(=O)OC(C)OC(=O)C(C)C)cc1OC. The molecule has 3 rings (SSSR count). The van der Waals surface area contributed by atoms with Crippen LogP contribution in [0, 0.1) is 11.8 Å². The number of amides is 2. The van der Waals surface area contributed by atoms with Crippen molar-refractivity contribution in [1.82, 2.24) is 15.6 Å². The maximum atomic E-state index is 13.4. The molecule has 0 bridgehead atoms. The first-order chi connectivity index (χ1) is 18.6.